The van der Waals surface area contributed by atoms with Crippen molar-refractivity contribution in [2.75, 3.05) is 6.61 Å². The number of carbonyl (C=O) groups excluding carboxylic acids is 1. The van der Waals surface area contributed by atoms with Gasteiger partial charge in [0.1, 0.15) is 6.61 Å². The fourth-order valence-electron chi connectivity index (χ4n) is 7.11. The van der Waals surface area contributed by atoms with Crippen LogP contribution in [0.3, 0.4) is 0 Å². The van der Waals surface area contributed by atoms with Gasteiger partial charge in [0.15, 0.2) is 0 Å². The molecule has 238 valence electrons. The second kappa shape index (κ2) is 12.0. The van der Waals surface area contributed by atoms with Gasteiger partial charge in [0.2, 0.25) is 0 Å². The van der Waals surface area contributed by atoms with Crippen LogP contribution in [0.1, 0.15) is 39.5 Å². The van der Waals surface area contributed by atoms with E-state index >= 15 is 0 Å². The minimum Gasteiger partial charge on any atom is -0.447 e. The van der Waals surface area contributed by atoms with Gasteiger partial charge in [-0.05, 0) is 77.7 Å². The Kier molecular flexibility index (Phi) is 7.01. The number of nitrogens with zero attached hydrogens (tertiary/aromatic N) is 1. The van der Waals surface area contributed by atoms with Crippen LogP contribution in [0, 0.1) is 0 Å². The highest BCUT2D eigenvalue weighted by molar-refractivity contribution is 5.85. The van der Waals surface area contributed by atoms with Gasteiger partial charge in [0, 0.05) is 44.3 Å². The molecule has 0 spiro atoms. The predicted molar refractivity (Wildman–Crippen MR) is 191 cm³/mol. The number of nitrogens with one attached hydrogen (secondary N) is 4. The van der Waals surface area contributed by atoms with E-state index in [9.17, 15) is 4.79 Å². The summed E-state index contributed by atoms with van der Waals surface area (Å²) >= 11 is 0. The number of H-pyrrole nitrogens is 4. The number of aromatic nitrogens is 4. The smallest absolute Gasteiger partial charge is 0.414 e. The number of benzene rings is 3. The zero-order chi connectivity index (χ0) is 32.7. The Morgan fingerprint density at radius 2 is 1.16 bits per heavy atom. The van der Waals surface area contributed by atoms with Gasteiger partial charge in [-0.25, -0.2) is 4.79 Å². The first-order valence-electron chi connectivity index (χ1n) is 16.5. The lowest BCUT2D eigenvalue weighted by Gasteiger charge is -2.23. The number of ether oxygens (including phenoxy) is 1. The Morgan fingerprint density at radius 1 is 0.571 bits per heavy atom. The van der Waals surface area contributed by atoms with Crippen LogP contribution in [-0.4, -0.2) is 43.6 Å². The lowest BCUT2D eigenvalue weighted by molar-refractivity contribution is 0.167. The highest BCUT2D eigenvalue weighted by Gasteiger charge is 2.37. The van der Waals surface area contributed by atoms with Crippen LogP contribution in [0.4, 0.5) is 4.79 Å². The SMILES string of the molecule is O=C1OC[C@@H](Cc2ccccc2)N1C1=c2ccc([nH]2)=C(c2ccccc2)c2ccc([nH]2)C=c2ccc([nH]2)=C(c2ccccc2)c2ccc1[nH]2. The Morgan fingerprint density at radius 3 is 1.90 bits per heavy atom. The molecule has 4 N–H and O–H groups in total. The standard InChI is InChI=1S/C42H33N5O2/c48-42-47(32(26-49-42)24-27-10-4-1-5-11-27)41-37-22-20-35(45-37)39(28-12-6-2-7-13-28)33-18-16-30(43-33)25-31-17-19-34(44-31)40(29-14-8-3-9-15-29)36-21-23-38(41)46-36/h1-23,25,32,43-46H,24,26H2/t32-/m1/s1. The molecular formula is C42H33N5O2. The average Bonchev–Trinajstić information content (AvgIpc) is 3.99. The molecule has 0 unspecified atom stereocenters. The largest absolute Gasteiger partial charge is 0.447 e. The van der Waals surface area contributed by atoms with Crippen LogP contribution in [-0.2, 0) is 11.2 Å². The van der Waals surface area contributed by atoms with E-state index in [1.165, 1.54) is 0 Å². The molecule has 0 saturated carbocycles. The van der Waals surface area contributed by atoms with E-state index in [-0.39, 0.29) is 12.1 Å². The lowest BCUT2D eigenvalue weighted by atomic mass is 10.0. The number of fused-ring (bicyclic) bond motifs is 8. The van der Waals surface area contributed by atoms with Gasteiger partial charge < -0.3 is 24.7 Å². The van der Waals surface area contributed by atoms with Gasteiger partial charge in [-0.15, -0.1) is 0 Å². The first-order valence-corrected chi connectivity index (χ1v) is 16.5. The fourth-order valence-corrected chi connectivity index (χ4v) is 7.11. The molecule has 6 heterocycles. The summed E-state index contributed by atoms with van der Waals surface area (Å²) in [7, 11) is 0. The Hall–Kier alpha value is -6.47. The first kappa shape index (κ1) is 28.7. The van der Waals surface area contributed by atoms with E-state index in [2.05, 4.69) is 135 Å². The van der Waals surface area contributed by atoms with Crippen LogP contribution in [0.15, 0.2) is 140 Å². The molecule has 7 nitrogen and oxygen atoms in total. The van der Waals surface area contributed by atoms with Gasteiger partial charge in [0.25, 0.3) is 0 Å². The van der Waals surface area contributed by atoms with E-state index in [1.54, 1.807) is 0 Å². The molecule has 0 aliphatic carbocycles. The molecule has 1 amide bonds. The van der Waals surface area contributed by atoms with Crippen LogP contribution in [0.2, 0.25) is 0 Å². The zero-order valence-corrected chi connectivity index (χ0v) is 26.6. The topological polar surface area (TPSA) is 92.7 Å². The summed E-state index contributed by atoms with van der Waals surface area (Å²) in [6.07, 6.45) is 2.42. The van der Waals surface area contributed by atoms with Crippen molar-refractivity contribution < 1.29 is 9.53 Å². The van der Waals surface area contributed by atoms with Crippen LogP contribution in [0.5, 0.6) is 0 Å². The normalized spacial score (nSPS) is 15.8. The third-order valence-corrected chi connectivity index (χ3v) is 9.33. The Labute approximate surface area is 282 Å². The summed E-state index contributed by atoms with van der Waals surface area (Å²) in [5.41, 5.74) is 9.78. The van der Waals surface area contributed by atoms with E-state index in [1.807, 2.05) is 35.2 Å². The van der Waals surface area contributed by atoms with Crippen LogP contribution < -0.4 is 21.4 Å². The summed E-state index contributed by atoms with van der Waals surface area (Å²) < 4.78 is 5.77. The zero-order valence-electron chi connectivity index (χ0n) is 26.6. The van der Waals surface area contributed by atoms with Crippen molar-refractivity contribution in [2.45, 2.75) is 12.5 Å². The molecule has 1 atom stereocenters. The van der Waals surface area contributed by atoms with Crippen molar-refractivity contribution in [1.29, 1.82) is 0 Å². The Bertz CT molecular complexity index is 2550. The minimum absolute atomic E-state index is 0.198. The molecule has 0 radical (unpaired) electrons. The molecule has 3 aromatic carbocycles. The van der Waals surface area contributed by atoms with Gasteiger partial charge >= 0.3 is 6.09 Å². The molecule has 2 aliphatic heterocycles. The molecule has 8 bridgehead atoms. The van der Waals surface area contributed by atoms with Crippen molar-refractivity contribution in [3.05, 3.63) is 200 Å². The molecule has 7 heteroatoms. The minimum atomic E-state index is -0.365. The number of hydrogen-bond donors (Lipinski definition) is 4. The van der Waals surface area contributed by atoms with Crippen molar-refractivity contribution in [1.82, 2.24) is 24.8 Å². The molecule has 4 aromatic heterocycles. The average molecular weight is 640 g/mol. The number of carbonyl (C=O) groups is 1. The van der Waals surface area contributed by atoms with Gasteiger partial charge in [0.05, 0.1) is 22.8 Å². The Balaban J connectivity index is 1.35. The van der Waals surface area contributed by atoms with Crippen molar-refractivity contribution in [3.63, 3.8) is 0 Å². The fraction of sp³-hybridized carbons (Fsp3) is 0.0714. The highest BCUT2D eigenvalue weighted by atomic mass is 16.6. The molecule has 9 rings (SSSR count). The van der Waals surface area contributed by atoms with E-state index in [4.69, 9.17) is 4.74 Å². The number of hydrogen-bond acceptors (Lipinski definition) is 2. The van der Waals surface area contributed by atoms with Crippen molar-refractivity contribution >= 4 is 29.0 Å². The van der Waals surface area contributed by atoms with Crippen LogP contribution >= 0.6 is 0 Å². The monoisotopic (exact) mass is 639 g/mol. The number of cyclic esters (lactones) is 1. The highest BCUT2D eigenvalue weighted by Crippen LogP contribution is 2.29. The molecular weight excluding hydrogens is 606 g/mol. The maximum absolute atomic E-state index is 13.7. The van der Waals surface area contributed by atoms with Gasteiger partial charge in [-0.2, -0.15) is 0 Å². The maximum Gasteiger partial charge on any atom is 0.414 e. The molecule has 1 saturated heterocycles. The number of amides is 1. The van der Waals surface area contributed by atoms with Crippen LogP contribution in [0.25, 0.3) is 22.9 Å². The number of rotatable bonds is 5. The van der Waals surface area contributed by atoms with E-state index in [0.29, 0.717) is 13.0 Å². The molecule has 2 aliphatic rings. The molecule has 1 fully saturated rings. The quantitative estimate of drug-likeness (QED) is 0.217. The summed E-state index contributed by atoms with van der Waals surface area (Å²) in [6, 6.07) is 47.5. The number of aromatic amines is 4. The second-order valence-corrected chi connectivity index (χ2v) is 12.5. The third kappa shape index (κ3) is 5.31. The summed E-state index contributed by atoms with van der Waals surface area (Å²) in [4.78, 5) is 30.3. The molecule has 7 aromatic rings. The summed E-state index contributed by atoms with van der Waals surface area (Å²) in [5.74, 6) is 0. The first-order chi connectivity index (χ1) is 24.2. The van der Waals surface area contributed by atoms with Crippen molar-refractivity contribution in [3.8, 4) is 0 Å². The van der Waals surface area contributed by atoms with E-state index in [0.717, 1.165) is 77.7 Å². The maximum atomic E-state index is 13.7. The van der Waals surface area contributed by atoms with E-state index < -0.39 is 0 Å². The van der Waals surface area contributed by atoms with Crippen molar-refractivity contribution in [2.24, 2.45) is 0 Å². The lowest BCUT2D eigenvalue weighted by Crippen LogP contribution is -2.38. The third-order valence-electron chi connectivity index (χ3n) is 9.33. The van der Waals surface area contributed by atoms with Gasteiger partial charge in [-0.3, -0.25) is 4.90 Å². The summed E-state index contributed by atoms with van der Waals surface area (Å²) in [6.45, 7) is 0.300. The second-order valence-electron chi connectivity index (χ2n) is 12.5. The summed E-state index contributed by atoms with van der Waals surface area (Å²) in [5, 5.41) is 3.70. The predicted octanol–water partition coefficient (Wildman–Crippen LogP) is 4.86. The molecule has 49 heavy (non-hydrogen) atoms. The van der Waals surface area contributed by atoms with Gasteiger partial charge in [-0.1, -0.05) is 91.0 Å².